The second-order valence-corrected chi connectivity index (χ2v) is 12.6. The molecule has 11 rings (SSSR count). The third-order valence-corrected chi connectivity index (χ3v) is 10.1. The van der Waals surface area contributed by atoms with E-state index in [9.17, 15) is 0 Å². The first kappa shape index (κ1) is 25.6. The van der Waals surface area contributed by atoms with Crippen LogP contribution < -0.4 is 0 Å². The van der Waals surface area contributed by atoms with Crippen LogP contribution >= 0.6 is 0 Å². The summed E-state index contributed by atoms with van der Waals surface area (Å²) in [5.74, 6) is 0.743. The Bertz CT molecular complexity index is 2890. The number of aromatic nitrogens is 4. The highest BCUT2D eigenvalue weighted by Gasteiger charge is 2.24. The molecular formula is C44H26N4. The molecule has 48 heavy (non-hydrogen) atoms. The fourth-order valence-corrected chi connectivity index (χ4v) is 8.00. The lowest BCUT2D eigenvalue weighted by Crippen LogP contribution is -1.95. The summed E-state index contributed by atoms with van der Waals surface area (Å²) in [5.41, 5.74) is 13.6. The Hall–Kier alpha value is -6.52. The topological polar surface area (TPSA) is 35.6 Å². The molecule has 0 atom stereocenters. The van der Waals surface area contributed by atoms with Gasteiger partial charge in [-0.25, -0.2) is 9.97 Å². The van der Waals surface area contributed by atoms with E-state index in [0.717, 1.165) is 50.4 Å². The van der Waals surface area contributed by atoms with Crippen molar-refractivity contribution < 1.29 is 0 Å². The quantitative estimate of drug-likeness (QED) is 0.199. The van der Waals surface area contributed by atoms with E-state index in [2.05, 4.69) is 167 Å². The molecule has 1 aliphatic carbocycles. The fourth-order valence-electron chi connectivity index (χ4n) is 8.00. The van der Waals surface area contributed by atoms with Gasteiger partial charge in [-0.1, -0.05) is 91.0 Å². The number of benzene rings is 7. The van der Waals surface area contributed by atoms with E-state index < -0.39 is 0 Å². The molecule has 0 bridgehead atoms. The molecule has 0 aliphatic heterocycles. The average Bonchev–Trinajstić information content (AvgIpc) is 3.78. The summed E-state index contributed by atoms with van der Waals surface area (Å²) in [6.45, 7) is 0. The lowest BCUT2D eigenvalue weighted by atomic mass is 10.1. The molecule has 10 aromatic rings. The van der Waals surface area contributed by atoms with Crippen LogP contribution in [-0.4, -0.2) is 19.1 Å². The van der Waals surface area contributed by atoms with E-state index in [-0.39, 0.29) is 0 Å². The molecule has 7 aromatic carbocycles. The summed E-state index contributed by atoms with van der Waals surface area (Å²) < 4.78 is 4.76. The predicted molar refractivity (Wildman–Crippen MR) is 198 cm³/mol. The minimum atomic E-state index is 0.743. The Labute approximate surface area is 275 Å². The van der Waals surface area contributed by atoms with Gasteiger partial charge in [-0.15, -0.1) is 0 Å². The van der Waals surface area contributed by atoms with E-state index >= 15 is 0 Å². The second-order valence-electron chi connectivity index (χ2n) is 12.6. The number of nitrogens with zero attached hydrogens (tertiary/aromatic N) is 4. The summed E-state index contributed by atoms with van der Waals surface area (Å²) in [4.78, 5) is 10.4. The molecule has 0 spiro atoms. The standard InChI is InChI=1S/C44H26N4/c1-2-11-28(12-3-1)47-40-23-21-27(44-45-37-18-10-17-33-30-13-4-5-16-34(30)43(46-44)42(33)37)25-35(40)36-26-29(22-24-41(36)47)48-38-19-8-6-14-31(38)32-15-7-9-20-39(32)48/h1-26H. The highest BCUT2D eigenvalue weighted by Crippen LogP contribution is 2.46. The minimum absolute atomic E-state index is 0.743. The van der Waals surface area contributed by atoms with Gasteiger partial charge in [0.2, 0.25) is 0 Å². The smallest absolute Gasteiger partial charge is 0.160 e. The van der Waals surface area contributed by atoms with Crippen molar-refractivity contribution >= 4 is 54.5 Å². The summed E-state index contributed by atoms with van der Waals surface area (Å²) in [6, 6.07) is 56.5. The fraction of sp³-hybridized carbons (Fsp3) is 0. The van der Waals surface area contributed by atoms with Crippen molar-refractivity contribution in [1.82, 2.24) is 19.1 Å². The van der Waals surface area contributed by atoms with E-state index in [0.29, 0.717) is 0 Å². The Morgan fingerprint density at radius 2 is 0.979 bits per heavy atom. The van der Waals surface area contributed by atoms with E-state index in [1.807, 2.05) is 0 Å². The first-order valence-electron chi connectivity index (χ1n) is 16.3. The molecule has 3 heterocycles. The van der Waals surface area contributed by atoms with Crippen LogP contribution in [0, 0.1) is 0 Å². The molecule has 0 saturated carbocycles. The molecule has 3 aromatic heterocycles. The van der Waals surface area contributed by atoms with Crippen molar-refractivity contribution in [3.63, 3.8) is 0 Å². The summed E-state index contributed by atoms with van der Waals surface area (Å²) in [6.07, 6.45) is 0. The van der Waals surface area contributed by atoms with Gasteiger partial charge in [-0.05, 0) is 77.9 Å². The van der Waals surface area contributed by atoms with Gasteiger partial charge in [0.15, 0.2) is 5.82 Å². The average molecular weight is 611 g/mol. The normalized spacial score (nSPS) is 12.2. The molecule has 222 valence electrons. The maximum absolute atomic E-state index is 5.24. The zero-order valence-electron chi connectivity index (χ0n) is 25.8. The summed E-state index contributed by atoms with van der Waals surface area (Å²) >= 11 is 0. The van der Waals surface area contributed by atoms with Gasteiger partial charge in [0, 0.05) is 49.4 Å². The zero-order chi connectivity index (χ0) is 31.3. The predicted octanol–water partition coefficient (Wildman–Crippen LogP) is 11.1. The van der Waals surface area contributed by atoms with Gasteiger partial charge in [0.25, 0.3) is 0 Å². The first-order valence-corrected chi connectivity index (χ1v) is 16.3. The summed E-state index contributed by atoms with van der Waals surface area (Å²) in [7, 11) is 0. The molecule has 0 N–H and O–H groups in total. The number of para-hydroxylation sites is 3. The maximum atomic E-state index is 5.24. The lowest BCUT2D eigenvalue weighted by molar-refractivity contribution is 1.16. The van der Waals surface area contributed by atoms with Crippen LogP contribution in [0.1, 0.15) is 0 Å². The van der Waals surface area contributed by atoms with Gasteiger partial charge in [0.1, 0.15) is 0 Å². The Morgan fingerprint density at radius 1 is 0.375 bits per heavy atom. The van der Waals surface area contributed by atoms with Crippen molar-refractivity contribution in [1.29, 1.82) is 0 Å². The van der Waals surface area contributed by atoms with Crippen LogP contribution in [0.4, 0.5) is 0 Å². The molecule has 1 aliphatic rings. The first-order chi connectivity index (χ1) is 23.8. The number of fused-ring (bicyclic) bond motifs is 9. The number of hydrogen-bond donors (Lipinski definition) is 0. The van der Waals surface area contributed by atoms with Crippen LogP contribution in [0.5, 0.6) is 0 Å². The molecule has 0 radical (unpaired) electrons. The highest BCUT2D eigenvalue weighted by molar-refractivity contribution is 6.15. The van der Waals surface area contributed by atoms with Crippen LogP contribution in [0.2, 0.25) is 0 Å². The van der Waals surface area contributed by atoms with Gasteiger partial charge in [-0.3, -0.25) is 0 Å². The largest absolute Gasteiger partial charge is 0.309 e. The number of rotatable bonds is 3. The van der Waals surface area contributed by atoms with Gasteiger partial charge >= 0.3 is 0 Å². The maximum Gasteiger partial charge on any atom is 0.160 e. The second kappa shape index (κ2) is 9.50. The lowest BCUT2D eigenvalue weighted by Gasteiger charge is -2.10. The molecule has 0 amide bonds. The van der Waals surface area contributed by atoms with Gasteiger partial charge < -0.3 is 9.13 Å². The minimum Gasteiger partial charge on any atom is -0.309 e. The number of hydrogen-bond acceptors (Lipinski definition) is 2. The molecule has 0 fully saturated rings. The van der Waals surface area contributed by atoms with Crippen molar-refractivity contribution in [2.24, 2.45) is 0 Å². The van der Waals surface area contributed by atoms with Crippen molar-refractivity contribution in [3.8, 4) is 45.1 Å². The van der Waals surface area contributed by atoms with E-state index in [4.69, 9.17) is 9.97 Å². The van der Waals surface area contributed by atoms with Crippen LogP contribution in [0.3, 0.4) is 0 Å². The molecule has 0 unspecified atom stereocenters. The third-order valence-electron chi connectivity index (χ3n) is 10.1. The molecular weight excluding hydrogens is 585 g/mol. The van der Waals surface area contributed by atoms with Crippen molar-refractivity contribution in [2.75, 3.05) is 0 Å². The van der Waals surface area contributed by atoms with Crippen molar-refractivity contribution in [3.05, 3.63) is 158 Å². The Balaban J connectivity index is 1.19. The Kier molecular flexibility index (Phi) is 5.08. The van der Waals surface area contributed by atoms with Crippen LogP contribution in [0.15, 0.2) is 158 Å². The third kappa shape index (κ3) is 3.43. The van der Waals surface area contributed by atoms with Gasteiger partial charge in [-0.2, -0.15) is 0 Å². The van der Waals surface area contributed by atoms with Crippen LogP contribution in [-0.2, 0) is 0 Å². The highest BCUT2D eigenvalue weighted by atomic mass is 15.0. The molecule has 4 heteroatoms. The SMILES string of the molecule is c1ccc(-n2c3ccc(-c4nc5c6c(cccc6n4)-c4ccccc4-5)cc3c3cc(-n4c5ccccc5c5ccccc54)ccc32)cc1. The van der Waals surface area contributed by atoms with Crippen molar-refractivity contribution in [2.45, 2.75) is 0 Å². The van der Waals surface area contributed by atoms with E-state index in [1.165, 1.54) is 49.3 Å². The van der Waals surface area contributed by atoms with Crippen LogP contribution in [0.25, 0.3) is 99.7 Å². The monoisotopic (exact) mass is 610 g/mol. The van der Waals surface area contributed by atoms with Gasteiger partial charge in [0.05, 0.1) is 33.3 Å². The summed E-state index contributed by atoms with van der Waals surface area (Å²) in [5, 5.41) is 6.01. The zero-order valence-corrected chi connectivity index (χ0v) is 25.8. The Morgan fingerprint density at radius 3 is 1.77 bits per heavy atom. The molecule has 0 saturated heterocycles. The molecule has 4 nitrogen and oxygen atoms in total. The van der Waals surface area contributed by atoms with E-state index in [1.54, 1.807) is 0 Å².